The van der Waals surface area contributed by atoms with Gasteiger partial charge in [-0.05, 0) is 18.2 Å². The van der Waals surface area contributed by atoms with Crippen molar-refractivity contribution in [2.75, 3.05) is 32.2 Å². The van der Waals surface area contributed by atoms with Gasteiger partial charge in [-0.25, -0.2) is 0 Å². The van der Waals surface area contributed by atoms with Gasteiger partial charge in [0.15, 0.2) is 0 Å². The first kappa shape index (κ1) is 10.9. The first-order valence-corrected chi connectivity index (χ1v) is 5.08. The molecule has 4 heteroatoms. The van der Waals surface area contributed by atoms with Gasteiger partial charge in [0.05, 0.1) is 24.7 Å². The van der Waals surface area contributed by atoms with E-state index in [1.54, 1.807) is 20.3 Å². The average Bonchev–Trinajstić information content (AvgIpc) is 2.29. The van der Waals surface area contributed by atoms with E-state index in [4.69, 9.17) is 14.7 Å². The number of methoxy groups -OCH3 is 2. The molecule has 4 nitrogen and oxygen atoms in total. The summed E-state index contributed by atoms with van der Waals surface area (Å²) >= 11 is 0. The van der Waals surface area contributed by atoms with Crippen molar-refractivity contribution in [3.05, 3.63) is 29.8 Å². The van der Waals surface area contributed by atoms with Crippen LogP contribution in [0.15, 0.2) is 24.3 Å². The molecule has 1 aromatic carbocycles. The Labute approximate surface area is 95.0 Å². The summed E-state index contributed by atoms with van der Waals surface area (Å²) in [7, 11) is 3.29. The molecule has 1 aliphatic rings. The molecule has 16 heavy (non-hydrogen) atoms. The molecule has 0 unspecified atom stereocenters. The molecule has 0 spiro atoms. The fraction of sp³-hybridized carbons (Fsp3) is 0.417. The van der Waals surface area contributed by atoms with E-state index < -0.39 is 5.79 Å². The number of ether oxygens (including phenoxy) is 2. The van der Waals surface area contributed by atoms with Gasteiger partial charge in [-0.2, -0.15) is 5.26 Å². The van der Waals surface area contributed by atoms with E-state index in [0.29, 0.717) is 18.7 Å². The largest absolute Gasteiger partial charge is 0.361 e. The zero-order chi connectivity index (χ0) is 11.6. The highest BCUT2D eigenvalue weighted by atomic mass is 16.7. The van der Waals surface area contributed by atoms with Crippen LogP contribution in [-0.4, -0.2) is 33.1 Å². The van der Waals surface area contributed by atoms with Crippen LogP contribution in [0.1, 0.15) is 5.56 Å². The third-order valence-corrected chi connectivity index (χ3v) is 2.95. The maximum atomic E-state index is 8.81. The third-order valence-electron chi connectivity index (χ3n) is 2.95. The van der Waals surface area contributed by atoms with Crippen molar-refractivity contribution in [2.45, 2.75) is 5.79 Å². The number of hydrogen-bond donors (Lipinski definition) is 0. The van der Waals surface area contributed by atoms with Crippen molar-refractivity contribution >= 4 is 5.69 Å². The van der Waals surface area contributed by atoms with Gasteiger partial charge in [0, 0.05) is 19.9 Å². The summed E-state index contributed by atoms with van der Waals surface area (Å²) in [5, 5.41) is 8.81. The quantitative estimate of drug-likeness (QED) is 0.719. The summed E-state index contributed by atoms with van der Waals surface area (Å²) in [6, 6.07) is 9.66. The van der Waals surface area contributed by atoms with Crippen LogP contribution in [0.5, 0.6) is 0 Å². The van der Waals surface area contributed by atoms with E-state index in [1.165, 1.54) is 0 Å². The Balaban J connectivity index is 2.09. The van der Waals surface area contributed by atoms with E-state index in [1.807, 2.05) is 18.2 Å². The van der Waals surface area contributed by atoms with Crippen LogP contribution in [0.25, 0.3) is 0 Å². The lowest BCUT2D eigenvalue weighted by atomic mass is 10.1. The Morgan fingerprint density at radius 2 is 2.00 bits per heavy atom. The molecule has 1 aliphatic heterocycles. The Morgan fingerprint density at radius 3 is 2.56 bits per heavy atom. The van der Waals surface area contributed by atoms with Gasteiger partial charge in [0.25, 0.3) is 0 Å². The topological polar surface area (TPSA) is 45.5 Å². The Morgan fingerprint density at radius 1 is 1.31 bits per heavy atom. The molecule has 1 saturated heterocycles. The maximum absolute atomic E-state index is 8.81. The van der Waals surface area contributed by atoms with E-state index in [9.17, 15) is 0 Å². The van der Waals surface area contributed by atoms with Gasteiger partial charge in [-0.3, -0.25) is 0 Å². The smallest absolute Gasteiger partial charge is 0.203 e. The minimum Gasteiger partial charge on any atom is -0.361 e. The summed E-state index contributed by atoms with van der Waals surface area (Å²) in [4.78, 5) is 2.12. The maximum Gasteiger partial charge on any atom is 0.203 e. The number of anilines is 1. The highest BCUT2D eigenvalue weighted by Gasteiger charge is 2.43. The number of benzene rings is 1. The number of nitriles is 1. The van der Waals surface area contributed by atoms with Gasteiger partial charge >= 0.3 is 0 Å². The molecular weight excluding hydrogens is 204 g/mol. The molecule has 1 fully saturated rings. The molecular formula is C12H14N2O2. The van der Waals surface area contributed by atoms with Crippen LogP contribution >= 0.6 is 0 Å². The highest BCUT2D eigenvalue weighted by Crippen LogP contribution is 2.30. The van der Waals surface area contributed by atoms with Gasteiger partial charge in [-0.15, -0.1) is 0 Å². The lowest BCUT2D eigenvalue weighted by Crippen LogP contribution is -2.64. The number of nitrogens with zero attached hydrogens (tertiary/aromatic N) is 2. The van der Waals surface area contributed by atoms with E-state index in [0.717, 1.165) is 5.69 Å². The second-order valence-corrected chi connectivity index (χ2v) is 3.84. The van der Waals surface area contributed by atoms with Gasteiger partial charge < -0.3 is 14.4 Å². The minimum absolute atomic E-state index is 0.483. The van der Waals surface area contributed by atoms with Gasteiger partial charge in [0.1, 0.15) is 0 Å². The van der Waals surface area contributed by atoms with Crippen molar-refractivity contribution in [3.63, 3.8) is 0 Å². The monoisotopic (exact) mass is 218 g/mol. The fourth-order valence-electron chi connectivity index (χ4n) is 1.83. The predicted molar refractivity (Wildman–Crippen MR) is 60.1 cm³/mol. The van der Waals surface area contributed by atoms with Crippen molar-refractivity contribution in [3.8, 4) is 6.07 Å². The van der Waals surface area contributed by atoms with Crippen LogP contribution in [-0.2, 0) is 9.47 Å². The SMILES string of the molecule is COC1(OC)CN(c2cccc(C#N)c2)C1. The van der Waals surface area contributed by atoms with Crippen molar-refractivity contribution in [2.24, 2.45) is 0 Å². The normalized spacial score (nSPS) is 17.7. The molecule has 2 rings (SSSR count). The molecule has 0 radical (unpaired) electrons. The van der Waals surface area contributed by atoms with Crippen molar-refractivity contribution in [1.82, 2.24) is 0 Å². The van der Waals surface area contributed by atoms with Crippen LogP contribution in [0.4, 0.5) is 5.69 Å². The second-order valence-electron chi connectivity index (χ2n) is 3.84. The second kappa shape index (κ2) is 4.12. The number of rotatable bonds is 3. The molecule has 84 valence electrons. The fourth-order valence-corrected chi connectivity index (χ4v) is 1.83. The van der Waals surface area contributed by atoms with Gasteiger partial charge in [-0.1, -0.05) is 6.07 Å². The lowest BCUT2D eigenvalue weighted by molar-refractivity contribution is -0.219. The molecule has 1 aromatic rings. The summed E-state index contributed by atoms with van der Waals surface area (Å²) in [6.45, 7) is 1.38. The zero-order valence-corrected chi connectivity index (χ0v) is 9.43. The average molecular weight is 218 g/mol. The van der Waals surface area contributed by atoms with Crippen LogP contribution in [0.2, 0.25) is 0 Å². The summed E-state index contributed by atoms with van der Waals surface area (Å²) in [5.41, 5.74) is 1.70. The van der Waals surface area contributed by atoms with E-state index >= 15 is 0 Å². The Bertz CT molecular complexity index is 413. The summed E-state index contributed by atoms with van der Waals surface area (Å²) in [6.07, 6.45) is 0. The molecule has 0 aliphatic carbocycles. The van der Waals surface area contributed by atoms with Crippen molar-refractivity contribution < 1.29 is 9.47 Å². The first-order chi connectivity index (χ1) is 7.73. The van der Waals surface area contributed by atoms with Crippen LogP contribution in [0, 0.1) is 11.3 Å². The lowest BCUT2D eigenvalue weighted by Gasteiger charge is -2.48. The molecule has 1 heterocycles. The third kappa shape index (κ3) is 1.75. The zero-order valence-electron chi connectivity index (χ0n) is 9.43. The Kier molecular flexibility index (Phi) is 2.82. The van der Waals surface area contributed by atoms with Crippen molar-refractivity contribution in [1.29, 1.82) is 5.26 Å². The van der Waals surface area contributed by atoms with Crippen LogP contribution < -0.4 is 4.90 Å². The van der Waals surface area contributed by atoms with Gasteiger partial charge in [0.2, 0.25) is 5.79 Å². The number of hydrogen-bond acceptors (Lipinski definition) is 4. The summed E-state index contributed by atoms with van der Waals surface area (Å²) in [5.74, 6) is -0.483. The molecule has 0 bridgehead atoms. The Hall–Kier alpha value is -1.57. The van der Waals surface area contributed by atoms with Crippen LogP contribution in [0.3, 0.4) is 0 Å². The molecule has 0 amide bonds. The minimum atomic E-state index is -0.483. The molecule has 0 aromatic heterocycles. The highest BCUT2D eigenvalue weighted by molar-refractivity contribution is 5.54. The van der Waals surface area contributed by atoms with E-state index in [-0.39, 0.29) is 0 Å². The van der Waals surface area contributed by atoms with E-state index in [2.05, 4.69) is 11.0 Å². The molecule has 0 N–H and O–H groups in total. The first-order valence-electron chi connectivity index (χ1n) is 5.08. The molecule has 0 atom stereocenters. The summed E-state index contributed by atoms with van der Waals surface area (Å²) < 4.78 is 10.6. The standard InChI is InChI=1S/C12H14N2O2/c1-15-12(16-2)8-14(9-12)11-5-3-4-10(6-11)7-13/h3-6H,8-9H2,1-2H3. The molecule has 0 saturated carbocycles. The predicted octanol–water partition coefficient (Wildman–Crippen LogP) is 1.37.